The monoisotopic (exact) mass is 333 g/mol. The van der Waals surface area contributed by atoms with Crippen molar-refractivity contribution in [2.75, 3.05) is 13.2 Å². The normalized spacial score (nSPS) is 9.94. The Morgan fingerprint density at radius 2 is 2.17 bits per heavy atom. The van der Waals surface area contributed by atoms with Gasteiger partial charge in [0.05, 0.1) is 23.6 Å². The number of halogens is 2. The van der Waals surface area contributed by atoms with Crippen molar-refractivity contribution in [1.29, 1.82) is 0 Å². The summed E-state index contributed by atoms with van der Waals surface area (Å²) in [4.78, 5) is 22.9. The number of hydrogen-bond acceptors (Lipinski definition) is 3. The van der Waals surface area contributed by atoms with Gasteiger partial charge in [0.15, 0.2) is 0 Å². The fourth-order valence-electron chi connectivity index (χ4n) is 1.28. The summed E-state index contributed by atoms with van der Waals surface area (Å²) in [6.45, 7) is 2.29. The average molecular weight is 335 g/mol. The molecule has 6 heteroatoms. The summed E-state index contributed by atoms with van der Waals surface area (Å²) in [6, 6.07) is 5.01. The average Bonchev–Trinajstić information content (AvgIpc) is 2.32. The molecule has 1 aromatic rings. The van der Waals surface area contributed by atoms with Crippen molar-refractivity contribution in [2.24, 2.45) is 0 Å². The number of esters is 1. The van der Waals surface area contributed by atoms with Gasteiger partial charge in [-0.05, 0) is 25.1 Å². The minimum atomic E-state index is -0.335. The molecule has 1 aromatic carbocycles. The first-order chi connectivity index (χ1) is 8.54. The van der Waals surface area contributed by atoms with E-state index < -0.39 is 0 Å². The SMILES string of the molecule is CCOC(=O)CCNC(=O)c1cc(Br)ccc1Cl. The third-order valence-corrected chi connectivity index (χ3v) is 2.92. The van der Waals surface area contributed by atoms with Crippen LogP contribution in [0.25, 0.3) is 0 Å². The van der Waals surface area contributed by atoms with Gasteiger partial charge in [0, 0.05) is 11.0 Å². The predicted octanol–water partition coefficient (Wildman–Crippen LogP) is 2.79. The molecule has 0 bridgehead atoms. The first-order valence-corrected chi connectivity index (χ1v) is 6.60. The van der Waals surface area contributed by atoms with Crippen molar-refractivity contribution in [2.45, 2.75) is 13.3 Å². The maximum absolute atomic E-state index is 11.8. The van der Waals surface area contributed by atoms with Crippen LogP contribution in [0, 0.1) is 0 Å². The predicted molar refractivity (Wildman–Crippen MR) is 72.7 cm³/mol. The molecule has 0 fully saturated rings. The van der Waals surface area contributed by atoms with Gasteiger partial charge in [0.2, 0.25) is 0 Å². The van der Waals surface area contributed by atoms with Crippen LogP contribution in [0.2, 0.25) is 5.02 Å². The molecule has 18 heavy (non-hydrogen) atoms. The molecule has 4 nitrogen and oxygen atoms in total. The van der Waals surface area contributed by atoms with E-state index in [1.807, 2.05) is 0 Å². The Morgan fingerprint density at radius 1 is 1.44 bits per heavy atom. The third kappa shape index (κ3) is 4.66. The summed E-state index contributed by atoms with van der Waals surface area (Å²) >= 11 is 9.17. The first kappa shape index (κ1) is 15.0. The topological polar surface area (TPSA) is 55.4 Å². The van der Waals surface area contributed by atoms with Gasteiger partial charge in [0.1, 0.15) is 0 Å². The fraction of sp³-hybridized carbons (Fsp3) is 0.333. The molecule has 0 spiro atoms. The zero-order chi connectivity index (χ0) is 13.5. The molecule has 0 heterocycles. The molecular weight excluding hydrogens is 321 g/mol. The lowest BCUT2D eigenvalue weighted by atomic mass is 10.2. The molecule has 1 amide bonds. The van der Waals surface area contributed by atoms with Gasteiger partial charge >= 0.3 is 5.97 Å². The Kier molecular flexibility index (Phi) is 6.15. The minimum absolute atomic E-state index is 0.144. The quantitative estimate of drug-likeness (QED) is 0.842. The summed E-state index contributed by atoms with van der Waals surface area (Å²) in [5.41, 5.74) is 0.370. The second-order valence-corrected chi connectivity index (χ2v) is 4.76. The highest BCUT2D eigenvalue weighted by atomic mass is 79.9. The van der Waals surface area contributed by atoms with E-state index in [1.54, 1.807) is 25.1 Å². The number of amides is 1. The van der Waals surface area contributed by atoms with Gasteiger partial charge in [-0.25, -0.2) is 0 Å². The Morgan fingerprint density at radius 3 is 2.83 bits per heavy atom. The van der Waals surface area contributed by atoms with Crippen molar-refractivity contribution in [3.63, 3.8) is 0 Å². The van der Waals surface area contributed by atoms with Crippen molar-refractivity contribution in [3.05, 3.63) is 33.3 Å². The van der Waals surface area contributed by atoms with Gasteiger partial charge < -0.3 is 10.1 Å². The molecule has 0 aliphatic rings. The van der Waals surface area contributed by atoms with Gasteiger partial charge in [0.25, 0.3) is 5.91 Å². The van der Waals surface area contributed by atoms with Crippen LogP contribution < -0.4 is 5.32 Å². The van der Waals surface area contributed by atoms with E-state index in [4.69, 9.17) is 16.3 Å². The molecule has 1 N–H and O–H groups in total. The number of nitrogens with one attached hydrogen (secondary N) is 1. The summed E-state index contributed by atoms with van der Waals surface area (Å²) < 4.78 is 5.51. The number of ether oxygens (including phenoxy) is 1. The zero-order valence-electron chi connectivity index (χ0n) is 9.83. The molecule has 0 saturated carbocycles. The van der Waals surface area contributed by atoms with Gasteiger partial charge in [-0.15, -0.1) is 0 Å². The Labute approximate surface area is 119 Å². The van der Waals surface area contributed by atoms with Crippen LogP contribution in [0.15, 0.2) is 22.7 Å². The molecule has 98 valence electrons. The minimum Gasteiger partial charge on any atom is -0.466 e. The molecule has 0 radical (unpaired) electrons. The molecule has 0 aliphatic heterocycles. The van der Waals surface area contributed by atoms with Gasteiger partial charge in [-0.2, -0.15) is 0 Å². The molecule has 0 atom stereocenters. The zero-order valence-corrected chi connectivity index (χ0v) is 12.2. The molecular formula is C12H13BrClNO3. The lowest BCUT2D eigenvalue weighted by molar-refractivity contribution is -0.142. The summed E-state index contributed by atoms with van der Waals surface area (Å²) in [7, 11) is 0. The highest BCUT2D eigenvalue weighted by molar-refractivity contribution is 9.10. The molecule has 0 unspecified atom stereocenters. The van der Waals surface area contributed by atoms with Crippen molar-refractivity contribution < 1.29 is 14.3 Å². The van der Waals surface area contributed by atoms with Crippen LogP contribution in [-0.2, 0) is 9.53 Å². The fourth-order valence-corrected chi connectivity index (χ4v) is 1.84. The highest BCUT2D eigenvalue weighted by Gasteiger charge is 2.11. The lowest BCUT2D eigenvalue weighted by Crippen LogP contribution is -2.26. The van der Waals surface area contributed by atoms with Gasteiger partial charge in [-0.3, -0.25) is 9.59 Å². The summed E-state index contributed by atoms with van der Waals surface area (Å²) in [6.07, 6.45) is 0.144. The van der Waals surface area contributed by atoms with Crippen molar-refractivity contribution in [1.82, 2.24) is 5.32 Å². The molecule has 0 aromatic heterocycles. The van der Waals surface area contributed by atoms with E-state index in [-0.39, 0.29) is 24.8 Å². The van der Waals surface area contributed by atoms with E-state index >= 15 is 0 Å². The highest BCUT2D eigenvalue weighted by Crippen LogP contribution is 2.20. The molecule has 1 rings (SSSR count). The number of carbonyl (C=O) groups is 2. The van der Waals surface area contributed by atoms with E-state index in [0.29, 0.717) is 17.2 Å². The van der Waals surface area contributed by atoms with E-state index in [0.717, 1.165) is 4.47 Å². The van der Waals surface area contributed by atoms with Crippen LogP contribution in [0.3, 0.4) is 0 Å². The van der Waals surface area contributed by atoms with E-state index in [9.17, 15) is 9.59 Å². The first-order valence-electron chi connectivity index (χ1n) is 5.43. The number of carbonyl (C=O) groups excluding carboxylic acids is 2. The largest absolute Gasteiger partial charge is 0.466 e. The van der Waals surface area contributed by atoms with Crippen LogP contribution in [-0.4, -0.2) is 25.0 Å². The van der Waals surface area contributed by atoms with Crippen LogP contribution in [0.4, 0.5) is 0 Å². The van der Waals surface area contributed by atoms with Crippen LogP contribution in [0.5, 0.6) is 0 Å². The Bertz CT molecular complexity index is 451. The van der Waals surface area contributed by atoms with Crippen LogP contribution in [0.1, 0.15) is 23.7 Å². The Balaban J connectivity index is 2.50. The van der Waals surface area contributed by atoms with Crippen LogP contribution >= 0.6 is 27.5 Å². The number of hydrogen-bond donors (Lipinski definition) is 1. The van der Waals surface area contributed by atoms with Crippen molar-refractivity contribution >= 4 is 39.4 Å². The standard InChI is InChI=1S/C12H13BrClNO3/c1-2-18-11(16)5-6-15-12(17)9-7-8(13)3-4-10(9)14/h3-4,7H,2,5-6H2,1H3,(H,15,17). The van der Waals surface area contributed by atoms with Crippen molar-refractivity contribution in [3.8, 4) is 0 Å². The maximum atomic E-state index is 11.8. The maximum Gasteiger partial charge on any atom is 0.307 e. The summed E-state index contributed by atoms with van der Waals surface area (Å²) in [5, 5.41) is 2.98. The lowest BCUT2D eigenvalue weighted by Gasteiger charge is -2.07. The number of rotatable bonds is 5. The smallest absolute Gasteiger partial charge is 0.307 e. The Hall–Kier alpha value is -1.07. The number of benzene rings is 1. The van der Waals surface area contributed by atoms with E-state index in [1.165, 1.54) is 0 Å². The van der Waals surface area contributed by atoms with Gasteiger partial charge in [-0.1, -0.05) is 27.5 Å². The second kappa shape index (κ2) is 7.38. The molecule has 0 saturated heterocycles. The van der Waals surface area contributed by atoms with E-state index in [2.05, 4.69) is 21.2 Å². The third-order valence-electron chi connectivity index (χ3n) is 2.09. The molecule has 0 aliphatic carbocycles. The summed E-state index contributed by atoms with van der Waals surface area (Å²) in [5.74, 6) is -0.649. The second-order valence-electron chi connectivity index (χ2n) is 3.44.